The Balaban J connectivity index is 3.29. The van der Waals surface area contributed by atoms with E-state index in [0.717, 1.165) is 0 Å². The molecule has 2 amide bonds. The van der Waals surface area contributed by atoms with E-state index in [0.29, 0.717) is 4.90 Å². The third-order valence-corrected chi connectivity index (χ3v) is 3.18. The van der Waals surface area contributed by atoms with Crippen molar-refractivity contribution in [2.75, 3.05) is 27.7 Å². The number of carbonyl (C=O) groups excluding carboxylic acids is 3. The van der Waals surface area contributed by atoms with Gasteiger partial charge in [-0.05, 0) is 34.9 Å². The van der Waals surface area contributed by atoms with Crippen molar-refractivity contribution < 1.29 is 29.0 Å². The maximum Gasteiger partial charge on any atom is 0.418 e. The smallest absolute Gasteiger partial charge is 0.418 e. The van der Waals surface area contributed by atoms with Crippen molar-refractivity contribution in [1.82, 2.24) is 9.80 Å². The summed E-state index contributed by atoms with van der Waals surface area (Å²) in [6, 6.07) is 0. The molecule has 126 valence electrons. The third-order valence-electron chi connectivity index (χ3n) is 3.18. The fraction of sp³-hybridized carbons (Fsp3) is 0.786. The van der Waals surface area contributed by atoms with Crippen LogP contribution in [0.4, 0.5) is 4.79 Å². The van der Waals surface area contributed by atoms with Gasteiger partial charge < -0.3 is 19.5 Å². The minimum atomic E-state index is -1.60. The molecule has 22 heavy (non-hydrogen) atoms. The summed E-state index contributed by atoms with van der Waals surface area (Å²) in [7, 11) is 4.54. The summed E-state index contributed by atoms with van der Waals surface area (Å²) >= 11 is 0. The van der Waals surface area contributed by atoms with E-state index in [1.807, 2.05) is 0 Å². The Bertz CT molecular complexity index is 470. The van der Waals surface area contributed by atoms with Crippen LogP contribution in [0.5, 0.6) is 0 Å². The molecule has 2 atom stereocenters. The molecular formula is C14H24N2O6. The summed E-state index contributed by atoms with van der Waals surface area (Å²) in [6.45, 7) is 4.97. The van der Waals surface area contributed by atoms with Crippen molar-refractivity contribution in [3.8, 4) is 0 Å². The lowest BCUT2D eigenvalue weighted by atomic mass is 9.95. The molecule has 0 unspecified atom stereocenters. The van der Waals surface area contributed by atoms with Gasteiger partial charge in [0.15, 0.2) is 5.54 Å². The molecule has 0 aromatic rings. The summed E-state index contributed by atoms with van der Waals surface area (Å²) in [5.41, 5.74) is -2.44. The molecule has 1 aliphatic rings. The van der Waals surface area contributed by atoms with Gasteiger partial charge in [-0.15, -0.1) is 0 Å². The zero-order valence-corrected chi connectivity index (χ0v) is 13.9. The molecule has 8 heteroatoms. The highest BCUT2D eigenvalue weighted by atomic mass is 16.6. The summed E-state index contributed by atoms with van der Waals surface area (Å²) in [5.74, 6) is -1.63. The topological polar surface area (TPSA) is 96.4 Å². The number of amides is 2. The number of likely N-dealkylation sites (N-methyl/N-ethyl adjacent to an activating group) is 1. The predicted molar refractivity (Wildman–Crippen MR) is 77.0 cm³/mol. The number of ether oxygens (including phenoxy) is 2. The lowest BCUT2D eigenvalue weighted by Crippen LogP contribution is -2.60. The number of nitrogens with zero attached hydrogens (tertiary/aromatic N) is 2. The number of aliphatic hydroxyl groups excluding tert-OH is 1. The first-order valence-corrected chi connectivity index (χ1v) is 6.93. The maximum atomic E-state index is 12.4. The minimum Gasteiger partial charge on any atom is -0.467 e. The van der Waals surface area contributed by atoms with Crippen molar-refractivity contribution in [3.05, 3.63) is 0 Å². The van der Waals surface area contributed by atoms with Gasteiger partial charge in [0.25, 0.3) is 5.91 Å². The highest BCUT2D eigenvalue weighted by Gasteiger charge is 2.60. The van der Waals surface area contributed by atoms with E-state index in [4.69, 9.17) is 9.47 Å². The number of esters is 1. The number of carbonyl (C=O) groups is 3. The van der Waals surface area contributed by atoms with Crippen LogP contribution in [0.15, 0.2) is 0 Å². The first-order valence-electron chi connectivity index (χ1n) is 6.93. The fourth-order valence-corrected chi connectivity index (χ4v) is 2.52. The van der Waals surface area contributed by atoms with Crippen LogP contribution in [0, 0.1) is 0 Å². The largest absolute Gasteiger partial charge is 0.467 e. The van der Waals surface area contributed by atoms with Gasteiger partial charge in [-0.25, -0.2) is 14.5 Å². The number of hydrogen-bond acceptors (Lipinski definition) is 7. The van der Waals surface area contributed by atoms with E-state index in [-0.39, 0.29) is 13.0 Å². The quantitative estimate of drug-likeness (QED) is 0.731. The molecule has 1 N–H and O–H groups in total. The lowest BCUT2D eigenvalue weighted by Gasteiger charge is -2.36. The molecule has 0 aromatic heterocycles. The van der Waals surface area contributed by atoms with E-state index in [2.05, 4.69) is 0 Å². The van der Waals surface area contributed by atoms with Crippen molar-refractivity contribution in [3.63, 3.8) is 0 Å². The number of aliphatic hydroxyl groups is 1. The molecule has 0 aliphatic carbocycles. The Morgan fingerprint density at radius 3 is 2.36 bits per heavy atom. The standard InChI is InChI=1S/C14H24N2O6/c1-13(2,3)22-12(20)16-10(18)9(17)7-14(16,8-15(4)5)11(19)21-6/h9,17H,7-8H2,1-6H3/t9-,14-/m0/s1. The second kappa shape index (κ2) is 6.21. The maximum absolute atomic E-state index is 12.4. The van der Waals surface area contributed by atoms with Gasteiger partial charge in [-0.3, -0.25) is 4.79 Å². The molecule has 0 aromatic carbocycles. The summed E-state index contributed by atoms with van der Waals surface area (Å²) in [6.07, 6.45) is -2.65. The van der Waals surface area contributed by atoms with E-state index in [1.54, 1.807) is 39.8 Å². The zero-order chi connectivity index (χ0) is 17.3. The number of imide groups is 1. The van der Waals surface area contributed by atoms with E-state index < -0.39 is 35.2 Å². The highest BCUT2D eigenvalue weighted by Crippen LogP contribution is 2.34. The van der Waals surface area contributed by atoms with Gasteiger partial charge in [0.05, 0.1) is 7.11 Å². The van der Waals surface area contributed by atoms with Crippen LogP contribution in [0.25, 0.3) is 0 Å². The highest BCUT2D eigenvalue weighted by molar-refractivity contribution is 6.04. The van der Waals surface area contributed by atoms with E-state index in [9.17, 15) is 19.5 Å². The molecule has 0 bridgehead atoms. The van der Waals surface area contributed by atoms with Crippen molar-refractivity contribution in [2.45, 2.75) is 44.4 Å². The Hall–Kier alpha value is -1.67. The molecule has 0 radical (unpaired) electrons. The Morgan fingerprint density at radius 2 is 1.95 bits per heavy atom. The lowest BCUT2D eigenvalue weighted by molar-refractivity contribution is -0.157. The van der Waals surface area contributed by atoms with Crippen LogP contribution in [-0.2, 0) is 19.1 Å². The number of methoxy groups -OCH3 is 1. The van der Waals surface area contributed by atoms with Crippen molar-refractivity contribution >= 4 is 18.0 Å². The van der Waals surface area contributed by atoms with Crippen LogP contribution < -0.4 is 0 Å². The monoisotopic (exact) mass is 316 g/mol. The van der Waals surface area contributed by atoms with Crippen LogP contribution in [0.1, 0.15) is 27.2 Å². The van der Waals surface area contributed by atoms with Gasteiger partial charge in [0, 0.05) is 13.0 Å². The van der Waals surface area contributed by atoms with E-state index >= 15 is 0 Å². The summed E-state index contributed by atoms with van der Waals surface area (Å²) in [4.78, 5) is 39.2. The molecule has 8 nitrogen and oxygen atoms in total. The van der Waals surface area contributed by atoms with Gasteiger partial charge >= 0.3 is 12.1 Å². The van der Waals surface area contributed by atoms with Crippen molar-refractivity contribution in [2.24, 2.45) is 0 Å². The number of likely N-dealkylation sites (tertiary alicyclic amines) is 1. The average Bonchev–Trinajstić information content (AvgIpc) is 2.58. The summed E-state index contributed by atoms with van der Waals surface area (Å²) in [5, 5.41) is 9.88. The van der Waals surface area contributed by atoms with Gasteiger partial charge in [-0.2, -0.15) is 0 Å². The van der Waals surface area contributed by atoms with Crippen LogP contribution >= 0.6 is 0 Å². The average molecular weight is 316 g/mol. The molecule has 1 rings (SSSR count). The van der Waals surface area contributed by atoms with Crippen LogP contribution in [-0.4, -0.2) is 77.9 Å². The Kier molecular flexibility index (Phi) is 5.19. The second-order valence-electron chi connectivity index (χ2n) is 6.63. The third kappa shape index (κ3) is 3.56. The number of hydrogen-bond donors (Lipinski definition) is 1. The van der Waals surface area contributed by atoms with Gasteiger partial charge in [-0.1, -0.05) is 0 Å². The second-order valence-corrected chi connectivity index (χ2v) is 6.63. The van der Waals surface area contributed by atoms with Gasteiger partial charge in [0.1, 0.15) is 11.7 Å². The first kappa shape index (κ1) is 18.4. The molecule has 0 spiro atoms. The Labute approximate surface area is 130 Å². The normalized spacial score (nSPS) is 25.5. The first-order chi connectivity index (χ1) is 9.94. The molecule has 1 saturated heterocycles. The Morgan fingerprint density at radius 1 is 1.41 bits per heavy atom. The minimum absolute atomic E-state index is 0.0295. The van der Waals surface area contributed by atoms with Crippen LogP contribution in [0.2, 0.25) is 0 Å². The molecule has 1 heterocycles. The fourth-order valence-electron chi connectivity index (χ4n) is 2.52. The molecule has 1 aliphatic heterocycles. The van der Waals surface area contributed by atoms with Gasteiger partial charge in [0.2, 0.25) is 0 Å². The predicted octanol–water partition coefficient (Wildman–Crippen LogP) is -0.0119. The van der Waals surface area contributed by atoms with E-state index in [1.165, 1.54) is 7.11 Å². The molecular weight excluding hydrogens is 292 g/mol. The SMILES string of the molecule is COC(=O)[C@@]1(CN(C)C)C[C@H](O)C(=O)N1C(=O)OC(C)(C)C. The number of rotatable bonds is 3. The zero-order valence-electron chi connectivity index (χ0n) is 13.9. The molecule has 1 fully saturated rings. The van der Waals surface area contributed by atoms with Crippen LogP contribution in [0.3, 0.4) is 0 Å². The summed E-state index contributed by atoms with van der Waals surface area (Å²) < 4.78 is 9.97. The molecule has 0 saturated carbocycles. The van der Waals surface area contributed by atoms with Crippen molar-refractivity contribution in [1.29, 1.82) is 0 Å².